The van der Waals surface area contributed by atoms with E-state index in [9.17, 15) is 0 Å². The fraction of sp³-hybridized carbons (Fsp3) is 0.118. The SMILES string of the molecule is Cc1c[cH-]c2ccccc12.Cl.Cl.[C-]1=CC=CC1.[CH3-].[CH3-].[Si]=[Zr]. The summed E-state index contributed by atoms with van der Waals surface area (Å²) < 4.78 is 0. The van der Waals surface area contributed by atoms with Gasteiger partial charge in [-0.2, -0.15) is 17.7 Å². The van der Waals surface area contributed by atoms with E-state index in [0.29, 0.717) is 0 Å². The third-order valence-corrected chi connectivity index (χ3v) is 2.48. The predicted octanol–water partition coefficient (Wildman–Crippen LogP) is 5.53. The molecule has 1 aliphatic rings. The van der Waals surface area contributed by atoms with Crippen LogP contribution in [0.15, 0.2) is 54.6 Å². The molecule has 0 atom stereocenters. The van der Waals surface area contributed by atoms with Gasteiger partial charge < -0.3 is 14.9 Å². The van der Waals surface area contributed by atoms with Crippen molar-refractivity contribution in [1.29, 1.82) is 0 Å². The molecule has 2 aromatic rings. The van der Waals surface area contributed by atoms with E-state index in [1.54, 1.807) is 0 Å². The maximum atomic E-state index is 3.06. The summed E-state index contributed by atoms with van der Waals surface area (Å²) in [6.45, 7) is 5.20. The molecule has 116 valence electrons. The summed E-state index contributed by atoms with van der Waals surface area (Å²) in [4.78, 5) is 0. The molecule has 21 heavy (non-hydrogen) atoms. The van der Waals surface area contributed by atoms with Gasteiger partial charge in [-0.05, 0) is 0 Å². The van der Waals surface area contributed by atoms with Gasteiger partial charge in [-0.15, -0.1) is 66.3 Å². The van der Waals surface area contributed by atoms with Crippen molar-refractivity contribution in [2.45, 2.75) is 13.3 Å². The molecule has 0 bridgehead atoms. The predicted molar refractivity (Wildman–Crippen MR) is 98.9 cm³/mol. The van der Waals surface area contributed by atoms with E-state index in [1.807, 2.05) is 12.2 Å². The molecule has 2 aromatic carbocycles. The van der Waals surface area contributed by atoms with Gasteiger partial charge in [0.2, 0.25) is 0 Å². The number of hydrogen-bond acceptors (Lipinski definition) is 0. The van der Waals surface area contributed by atoms with Crippen molar-refractivity contribution in [3.05, 3.63) is 81.1 Å². The zero-order chi connectivity index (χ0) is 12.5. The van der Waals surface area contributed by atoms with E-state index in [2.05, 4.69) is 62.4 Å². The van der Waals surface area contributed by atoms with Crippen LogP contribution in [0.1, 0.15) is 12.0 Å². The van der Waals surface area contributed by atoms with Gasteiger partial charge in [0.15, 0.2) is 0 Å². The number of aryl methyl sites for hydroxylation is 1. The first-order valence-corrected chi connectivity index (χ1v) is 9.64. The van der Waals surface area contributed by atoms with Crippen LogP contribution in [0.2, 0.25) is 0 Å². The molecule has 0 aromatic heterocycles. The van der Waals surface area contributed by atoms with Crippen LogP contribution in [0.5, 0.6) is 0 Å². The molecule has 0 saturated carbocycles. The fourth-order valence-corrected chi connectivity index (χ4v) is 1.65. The molecule has 1 aliphatic carbocycles. The van der Waals surface area contributed by atoms with E-state index in [0.717, 1.165) is 6.42 Å². The van der Waals surface area contributed by atoms with E-state index in [4.69, 9.17) is 0 Å². The number of fused-ring (bicyclic) bond motifs is 1. The molecule has 0 N–H and O–H groups in total. The van der Waals surface area contributed by atoms with Gasteiger partial charge in [-0.25, -0.2) is 12.2 Å². The van der Waals surface area contributed by atoms with Crippen LogP contribution in [0.4, 0.5) is 0 Å². The van der Waals surface area contributed by atoms with Crippen LogP contribution in [0.3, 0.4) is 0 Å². The van der Waals surface area contributed by atoms with Gasteiger partial charge in [0, 0.05) is 0 Å². The average Bonchev–Trinajstić information content (AvgIpc) is 3.06. The second-order valence-electron chi connectivity index (χ2n) is 3.61. The van der Waals surface area contributed by atoms with E-state index >= 15 is 0 Å². The third kappa shape index (κ3) is 10.4. The van der Waals surface area contributed by atoms with Crippen LogP contribution in [-0.2, 0) is 23.3 Å². The normalized spacial score (nSPS) is 9.33. The summed E-state index contributed by atoms with van der Waals surface area (Å²) >= 11 is 1.36. The average molecular weight is 417 g/mol. The van der Waals surface area contributed by atoms with Crippen molar-refractivity contribution >= 4 is 42.5 Å². The summed E-state index contributed by atoms with van der Waals surface area (Å²) in [5.41, 5.74) is 1.37. The van der Waals surface area contributed by atoms with Crippen molar-refractivity contribution in [2.24, 2.45) is 0 Å². The summed E-state index contributed by atoms with van der Waals surface area (Å²) in [5.74, 6) is 0. The second kappa shape index (κ2) is 18.0. The van der Waals surface area contributed by atoms with Gasteiger partial charge in [-0.1, -0.05) is 13.0 Å². The number of halogens is 2. The number of rotatable bonds is 0. The maximum absolute atomic E-state index is 3.06. The topological polar surface area (TPSA) is 0 Å². The van der Waals surface area contributed by atoms with Gasteiger partial charge in [0.25, 0.3) is 0 Å². The van der Waals surface area contributed by atoms with Gasteiger partial charge in [0.1, 0.15) is 0 Å². The quantitative estimate of drug-likeness (QED) is 0.391. The van der Waals surface area contributed by atoms with Crippen LogP contribution in [0.25, 0.3) is 10.8 Å². The molecule has 0 spiro atoms. The van der Waals surface area contributed by atoms with Crippen molar-refractivity contribution in [2.75, 3.05) is 0 Å². The summed E-state index contributed by atoms with van der Waals surface area (Å²) in [6, 6.07) is 12.8. The van der Waals surface area contributed by atoms with Crippen molar-refractivity contribution in [3.63, 3.8) is 0 Å². The Labute approximate surface area is 159 Å². The molecule has 0 aliphatic heterocycles. The van der Waals surface area contributed by atoms with E-state index in [1.165, 1.54) is 39.7 Å². The Morgan fingerprint density at radius 2 is 1.76 bits per heavy atom. The van der Waals surface area contributed by atoms with E-state index in [-0.39, 0.29) is 39.7 Å². The molecule has 0 saturated heterocycles. The Hall–Kier alpha value is -0.0100. The van der Waals surface area contributed by atoms with Crippen molar-refractivity contribution in [3.8, 4) is 0 Å². The first kappa shape index (κ1) is 29.1. The van der Waals surface area contributed by atoms with Gasteiger partial charge in [-0.3, -0.25) is 6.08 Å². The number of allylic oxidation sites excluding steroid dienone is 4. The molecule has 4 heteroatoms. The standard InChI is InChI=1S/C10H9.C5H5.2CH3.2ClH.Si.Zr/c1-8-6-7-9-4-2-3-5-10(8)9;1-2-4-5-3-1;;;;;;/h2-7H,1H3;1-3H,4H2;2*1H3;2*1H;;/q4*-1;;;;. The molecule has 2 radical (unpaired) electrons. The fourth-order valence-electron chi connectivity index (χ4n) is 1.65. The van der Waals surface area contributed by atoms with Gasteiger partial charge >= 0.3 is 30.2 Å². The first-order valence-electron chi connectivity index (χ1n) is 5.46. The van der Waals surface area contributed by atoms with Crippen LogP contribution in [-0.4, -0.2) is 6.88 Å². The molecule has 0 fully saturated rings. The summed E-state index contributed by atoms with van der Waals surface area (Å²) in [7, 11) is 0. The van der Waals surface area contributed by atoms with Gasteiger partial charge in [0.05, 0.1) is 0 Å². The van der Waals surface area contributed by atoms with Crippen molar-refractivity contribution < 1.29 is 23.3 Å². The van der Waals surface area contributed by atoms with Crippen molar-refractivity contribution in [1.82, 2.24) is 0 Å². The first-order chi connectivity index (χ1) is 8.38. The molecule has 0 unspecified atom stereocenters. The molecule has 3 rings (SSSR count). The Kier molecular flexibility index (Phi) is 25.0. The van der Waals surface area contributed by atoms with Crippen LogP contribution >= 0.6 is 24.8 Å². The molecule has 0 amide bonds. The Morgan fingerprint density at radius 3 is 2.19 bits per heavy atom. The van der Waals surface area contributed by atoms with Crippen LogP contribution in [0, 0.1) is 27.9 Å². The third-order valence-electron chi connectivity index (χ3n) is 2.48. The molecular formula is C17H22Cl2SiZr-4. The van der Waals surface area contributed by atoms with Crippen LogP contribution < -0.4 is 0 Å². The minimum absolute atomic E-state index is 0. The second-order valence-corrected chi connectivity index (χ2v) is 3.61. The number of hydrogen-bond donors (Lipinski definition) is 0. The van der Waals surface area contributed by atoms with E-state index < -0.39 is 0 Å². The minimum atomic E-state index is 0. The molecule has 0 nitrogen and oxygen atoms in total. The molecular weight excluding hydrogens is 394 g/mol. The molecule has 0 heterocycles. The number of benzene rings is 1. The Bertz CT molecular complexity index is 508. The Balaban J connectivity index is -0.000000116. The summed E-state index contributed by atoms with van der Waals surface area (Å²) in [5, 5.41) is 2.72. The zero-order valence-corrected chi connectivity index (χ0v) is 17.8. The monoisotopic (exact) mass is 414 g/mol. The summed E-state index contributed by atoms with van der Waals surface area (Å²) in [6.07, 6.45) is 10.0. The zero-order valence-electron chi connectivity index (χ0n) is 12.7. The Morgan fingerprint density at radius 1 is 1.14 bits per heavy atom.